The van der Waals surface area contributed by atoms with Gasteiger partial charge in [0.15, 0.2) is 0 Å². The highest BCUT2D eigenvalue weighted by Crippen LogP contribution is 2.59. The van der Waals surface area contributed by atoms with Gasteiger partial charge in [-0.15, -0.1) is 0 Å². The van der Waals surface area contributed by atoms with Crippen molar-refractivity contribution in [3.8, 4) is 55.6 Å². The van der Waals surface area contributed by atoms with Gasteiger partial charge >= 0.3 is 0 Å². The fraction of sp³-hybridized carbons (Fsp3) is 0.419. The Morgan fingerprint density at radius 2 is 0.730 bits per heavy atom. The molecule has 1 unspecified atom stereocenters. The first-order valence-corrected chi connectivity index (χ1v) is 25.7. The van der Waals surface area contributed by atoms with Gasteiger partial charge in [-0.1, -0.05) is 170 Å². The average Bonchev–Trinajstić information content (AvgIpc) is 3.84. The molecule has 0 bridgehead atoms. The van der Waals surface area contributed by atoms with E-state index in [4.69, 9.17) is 0 Å². The Morgan fingerprint density at radius 3 is 1.13 bits per heavy atom. The summed E-state index contributed by atoms with van der Waals surface area (Å²) in [7, 11) is 0. The third-order valence-corrected chi connectivity index (χ3v) is 16.7. The zero-order chi connectivity index (χ0) is 44.3. The minimum atomic E-state index is -0.0384. The van der Waals surface area contributed by atoms with Crippen LogP contribution in [-0.2, 0) is 16.2 Å². The molecule has 9 rings (SSSR count). The van der Waals surface area contributed by atoms with Crippen molar-refractivity contribution in [2.75, 3.05) is 0 Å². The predicted octanol–water partition coefficient (Wildman–Crippen LogP) is 18.9. The maximum atomic E-state index is 3.90. The number of hydrogen-bond donors (Lipinski definition) is 0. The van der Waals surface area contributed by atoms with E-state index in [1.165, 1.54) is 135 Å². The molecule has 6 aromatic rings. The Labute approximate surface area is 389 Å². The largest absolute Gasteiger partial charge is 0.0654 e. The normalized spacial score (nSPS) is 17.2. The van der Waals surface area contributed by atoms with Crippen LogP contribution in [0.3, 0.4) is 0 Å². The van der Waals surface area contributed by atoms with Crippen LogP contribution in [0.4, 0.5) is 0 Å². The number of rotatable bonds is 16. The quantitative estimate of drug-likeness (QED) is 0.0908. The fourth-order valence-electron chi connectivity index (χ4n) is 12.6. The van der Waals surface area contributed by atoms with Gasteiger partial charge in [-0.05, 0) is 201 Å². The Morgan fingerprint density at radius 1 is 0.381 bits per heavy atom. The van der Waals surface area contributed by atoms with Crippen molar-refractivity contribution in [2.45, 2.75) is 149 Å². The van der Waals surface area contributed by atoms with E-state index in [0.29, 0.717) is 17.8 Å². The minimum absolute atomic E-state index is 0.0173. The first-order chi connectivity index (χ1) is 30.4. The second kappa shape index (κ2) is 17.3. The lowest BCUT2D eigenvalue weighted by Gasteiger charge is -2.34. The van der Waals surface area contributed by atoms with Crippen LogP contribution in [0.1, 0.15) is 166 Å². The number of benzene rings is 6. The molecule has 0 spiro atoms. The molecule has 1 heteroatoms. The zero-order valence-electron chi connectivity index (χ0n) is 39.9. The molecule has 0 amide bonds. The van der Waals surface area contributed by atoms with Gasteiger partial charge in [0.1, 0.15) is 0 Å². The minimum Gasteiger partial charge on any atom is -0.0654 e. The molecule has 0 fully saturated rings. The van der Waals surface area contributed by atoms with Gasteiger partial charge in [0.25, 0.3) is 0 Å². The smallest absolute Gasteiger partial charge is 0.0216 e. The second-order valence-corrected chi connectivity index (χ2v) is 22.0. The summed E-state index contributed by atoms with van der Waals surface area (Å²) < 4.78 is 1.19. The number of unbranched alkanes of at least 4 members (excludes halogenated alkanes) is 1. The van der Waals surface area contributed by atoms with E-state index >= 15 is 0 Å². The van der Waals surface area contributed by atoms with Gasteiger partial charge in [0.2, 0.25) is 0 Å². The second-order valence-electron chi connectivity index (χ2n) is 21.1. The molecular weight excluding hydrogens is 825 g/mol. The lowest BCUT2D eigenvalue weighted by atomic mass is 9.69. The molecule has 3 aliphatic rings. The summed E-state index contributed by atoms with van der Waals surface area (Å²) in [6.45, 7) is 21.6. The molecule has 63 heavy (non-hydrogen) atoms. The summed E-state index contributed by atoms with van der Waals surface area (Å²) >= 11 is 3.90. The monoisotopic (exact) mass is 894 g/mol. The Hall–Kier alpha value is -4.20. The van der Waals surface area contributed by atoms with Crippen LogP contribution in [0.25, 0.3) is 55.6 Å². The van der Waals surface area contributed by atoms with Gasteiger partial charge in [-0.25, -0.2) is 0 Å². The molecular formula is C62H71Br. The van der Waals surface area contributed by atoms with E-state index < -0.39 is 0 Å². The van der Waals surface area contributed by atoms with Gasteiger partial charge in [-0.2, -0.15) is 0 Å². The van der Waals surface area contributed by atoms with Gasteiger partial charge in [0.05, 0.1) is 0 Å². The summed E-state index contributed by atoms with van der Waals surface area (Å²) in [6.07, 6.45) is 13.1. The zero-order valence-corrected chi connectivity index (χ0v) is 41.4. The van der Waals surface area contributed by atoms with Crippen molar-refractivity contribution in [2.24, 2.45) is 17.8 Å². The van der Waals surface area contributed by atoms with Crippen molar-refractivity contribution in [1.29, 1.82) is 0 Å². The highest BCUT2D eigenvalue weighted by atomic mass is 79.9. The Kier molecular flexibility index (Phi) is 12.1. The van der Waals surface area contributed by atoms with Crippen molar-refractivity contribution >= 4 is 15.9 Å². The van der Waals surface area contributed by atoms with Crippen LogP contribution in [0, 0.1) is 17.8 Å². The van der Waals surface area contributed by atoms with Crippen molar-refractivity contribution in [3.05, 3.63) is 153 Å². The van der Waals surface area contributed by atoms with Crippen LogP contribution < -0.4 is 0 Å². The van der Waals surface area contributed by atoms with E-state index in [9.17, 15) is 0 Å². The van der Waals surface area contributed by atoms with Crippen LogP contribution in [-0.4, -0.2) is 0 Å². The van der Waals surface area contributed by atoms with Crippen molar-refractivity contribution in [1.82, 2.24) is 0 Å². The molecule has 0 saturated heterocycles. The molecule has 6 aromatic carbocycles. The van der Waals surface area contributed by atoms with Crippen molar-refractivity contribution < 1.29 is 0 Å². The summed E-state index contributed by atoms with van der Waals surface area (Å²) in [6, 6.07) is 46.3. The SMILES string of the molecule is CCCCC1(CCC(C)C)c2ccccc2-c2ccc(-c3ccc4c(c3)C(CC)(CC)c3cc(-c5ccc6c(c5)C(CCC(C)C)(CCC(C)C)c5cc(Br)ccc5-6)ccc3-4)cc21. The summed E-state index contributed by atoms with van der Waals surface area (Å²) in [4.78, 5) is 0. The predicted molar refractivity (Wildman–Crippen MR) is 276 cm³/mol. The van der Waals surface area contributed by atoms with Gasteiger partial charge in [0, 0.05) is 20.7 Å². The highest BCUT2D eigenvalue weighted by molar-refractivity contribution is 9.10. The van der Waals surface area contributed by atoms with E-state index in [0.717, 1.165) is 12.8 Å². The van der Waals surface area contributed by atoms with E-state index in [-0.39, 0.29) is 16.2 Å². The number of halogens is 1. The Bertz CT molecular complexity index is 2640. The topological polar surface area (TPSA) is 0 Å². The molecule has 326 valence electrons. The molecule has 0 radical (unpaired) electrons. The van der Waals surface area contributed by atoms with E-state index in [1.54, 1.807) is 16.7 Å². The molecule has 0 aromatic heterocycles. The molecule has 3 aliphatic carbocycles. The van der Waals surface area contributed by atoms with Crippen LogP contribution >= 0.6 is 15.9 Å². The van der Waals surface area contributed by atoms with Crippen molar-refractivity contribution in [3.63, 3.8) is 0 Å². The lowest BCUT2D eigenvalue weighted by Crippen LogP contribution is -2.27. The van der Waals surface area contributed by atoms with Gasteiger partial charge < -0.3 is 0 Å². The summed E-state index contributed by atoms with van der Waals surface area (Å²) in [5.74, 6) is 2.00. The lowest BCUT2D eigenvalue weighted by molar-refractivity contribution is 0.364. The van der Waals surface area contributed by atoms with Crippen LogP contribution in [0.15, 0.2) is 120 Å². The molecule has 0 heterocycles. The average molecular weight is 896 g/mol. The third kappa shape index (κ3) is 7.32. The Balaban J connectivity index is 1.12. The first kappa shape index (κ1) is 44.0. The first-order valence-electron chi connectivity index (χ1n) is 24.9. The fourth-order valence-corrected chi connectivity index (χ4v) is 12.9. The summed E-state index contributed by atoms with van der Waals surface area (Å²) in [5.41, 5.74) is 23.3. The van der Waals surface area contributed by atoms with Crippen LogP contribution in [0.2, 0.25) is 0 Å². The highest BCUT2D eigenvalue weighted by Gasteiger charge is 2.45. The maximum Gasteiger partial charge on any atom is 0.0216 e. The summed E-state index contributed by atoms with van der Waals surface area (Å²) in [5, 5.41) is 0. The third-order valence-electron chi connectivity index (χ3n) is 16.2. The molecule has 0 aliphatic heterocycles. The number of fused-ring (bicyclic) bond motifs is 9. The number of hydrogen-bond acceptors (Lipinski definition) is 0. The van der Waals surface area contributed by atoms with E-state index in [2.05, 4.69) is 194 Å². The standard InChI is InChI=1S/C62H71Br/c1-10-13-31-61(32-28-40(4)5)54-17-15-14-16-48(54)49-23-18-45(37-57(49)61)43-19-24-50-51-25-20-44(36-56(51)60(11-2,12-3)55(50)35-43)46-21-26-52-53-27-22-47(63)39-59(53)62(58(52)38-46,33-29-41(6)7)34-30-42(8)9/h14-27,35-42H,10-13,28-34H2,1-9H3. The molecule has 0 N–H and O–H groups in total. The molecule has 0 nitrogen and oxygen atoms in total. The maximum absolute atomic E-state index is 3.90. The van der Waals surface area contributed by atoms with E-state index in [1.807, 2.05) is 0 Å². The molecule has 0 saturated carbocycles. The van der Waals surface area contributed by atoms with Crippen LogP contribution in [0.5, 0.6) is 0 Å². The van der Waals surface area contributed by atoms with Gasteiger partial charge in [-0.3, -0.25) is 0 Å². The molecule has 1 atom stereocenters.